The Kier molecular flexibility index (Phi) is 50.7. The largest absolute Gasteiger partial charge is 0.448 e. The summed E-state index contributed by atoms with van der Waals surface area (Å²) in [4.78, 5) is 11.6. The van der Waals surface area contributed by atoms with Crippen LogP contribution in [0.25, 0.3) is 0 Å². The fourth-order valence-corrected chi connectivity index (χ4v) is 3.46. The average Bonchev–Trinajstić information content (AvgIpc) is 4.04. The van der Waals surface area contributed by atoms with Gasteiger partial charge in [0.25, 0.3) is 5.89 Å². The number of aromatic nitrogens is 8. The minimum Gasteiger partial charge on any atom is -0.448 e. The second-order valence-corrected chi connectivity index (χ2v) is 14.5. The number of oxazole rings is 1. The van der Waals surface area contributed by atoms with Crippen LogP contribution < -0.4 is 0 Å². The molecule has 5 aromatic heterocycles. The maximum absolute atomic E-state index is 9.33. The van der Waals surface area contributed by atoms with E-state index in [-0.39, 0.29) is 171 Å². The molecular formula is C41H76Ar3N8O10. The first-order chi connectivity index (χ1) is 27.3. The number of aliphatic hydroxyl groups excluding tert-OH is 5. The zero-order valence-electron chi connectivity index (χ0n) is 38.6. The molecule has 0 aliphatic rings. The summed E-state index contributed by atoms with van der Waals surface area (Å²) in [7, 11) is 0. The molecule has 5 aromatic rings. The summed E-state index contributed by atoms with van der Waals surface area (Å²) in [6.07, 6.45) is 1.34. The fourth-order valence-electron chi connectivity index (χ4n) is 3.46. The maximum atomic E-state index is 9.33. The molecule has 0 amide bonds. The van der Waals surface area contributed by atoms with Crippen molar-refractivity contribution in [2.45, 2.75) is 187 Å². The van der Waals surface area contributed by atoms with Gasteiger partial charge in [-0.2, -0.15) is 9.97 Å². The zero-order chi connectivity index (χ0) is 45.0. The van der Waals surface area contributed by atoms with Crippen LogP contribution in [0.4, 0.5) is 0 Å². The van der Waals surface area contributed by atoms with E-state index in [1.165, 1.54) is 6.39 Å². The van der Waals surface area contributed by atoms with E-state index in [2.05, 4.69) is 65.9 Å². The van der Waals surface area contributed by atoms with Gasteiger partial charge in [0.1, 0.15) is 37.4 Å². The van der Waals surface area contributed by atoms with Gasteiger partial charge < -0.3 is 47.9 Å². The van der Waals surface area contributed by atoms with Gasteiger partial charge in [-0.1, -0.05) is 134 Å². The van der Waals surface area contributed by atoms with Crippen LogP contribution >= 0.6 is 0 Å². The number of aliphatic hydroxyl groups is 5. The van der Waals surface area contributed by atoms with E-state index in [9.17, 15) is 5.11 Å². The van der Waals surface area contributed by atoms with E-state index in [0.717, 1.165) is 17.4 Å². The molecule has 0 radical (unpaired) electrons. The molecule has 0 aliphatic carbocycles. The van der Waals surface area contributed by atoms with Crippen LogP contribution in [0.3, 0.4) is 0 Å². The summed E-state index contributed by atoms with van der Waals surface area (Å²) >= 11 is 0. The van der Waals surface area contributed by atoms with Gasteiger partial charge in [-0.3, -0.25) is 0 Å². The molecule has 1 atom stereocenters. The standard InChI is InChI=1S/C8H14N2O2.2C7H11NO2.2C6H10N2O2.C4H10.C2H6.CH4.3Ar/c1-4-6(11)8-10-9-7(12-8)5(2)3;1-5(2)7-6(3-9)8-4-10-7;1-5(2)7-3-6(4-9)10-8-7;1-4(2)6-7-5(3-9)10-8-6;1-4(2)6-7-5(3-9)8-10-6;1-4(2)3;1-2;;;;/h5-6,11H,4H2,1-3H3;4-5,9H,3H2,1-2H3;3,5,9H,4H2,1-2H3;2*4,9H,3H2,1-2H3;4H,1-3H3;1-2H3;1H4;;;. The first-order valence-electron chi connectivity index (χ1n) is 19.8. The topological polar surface area (TPSA) is 270 Å². The van der Waals surface area contributed by atoms with Gasteiger partial charge in [0.05, 0.1) is 12.3 Å². The van der Waals surface area contributed by atoms with Crippen molar-refractivity contribution in [3.63, 3.8) is 0 Å². The molecule has 0 saturated heterocycles. The molecule has 5 N–H and O–H groups in total. The molecule has 5 heterocycles. The fraction of sp³-hybridized carbons (Fsp3) is 0.707. The maximum Gasteiger partial charge on any atom is 0.252 e. The van der Waals surface area contributed by atoms with E-state index in [0.29, 0.717) is 59.0 Å². The van der Waals surface area contributed by atoms with Crippen molar-refractivity contribution in [2.75, 3.05) is 0 Å². The minimum atomic E-state index is -0.620. The molecule has 1 unspecified atom stereocenters. The minimum absolute atomic E-state index is 0. The Labute approximate surface area is 459 Å². The van der Waals surface area contributed by atoms with Gasteiger partial charge >= 0.3 is 0 Å². The van der Waals surface area contributed by atoms with Crippen molar-refractivity contribution in [1.29, 1.82) is 0 Å². The van der Waals surface area contributed by atoms with Gasteiger partial charge in [0, 0.05) is 143 Å². The quantitative estimate of drug-likeness (QED) is 0.0826. The molecule has 62 heavy (non-hydrogen) atoms. The Bertz CT molecular complexity index is 1580. The van der Waals surface area contributed by atoms with E-state index in [1.807, 2.05) is 90.0 Å². The third-order valence-corrected chi connectivity index (χ3v) is 6.55. The summed E-state index contributed by atoms with van der Waals surface area (Å²) < 4.78 is 24.5. The molecule has 0 aromatic carbocycles. The molecule has 0 aliphatic heterocycles. The third-order valence-electron chi connectivity index (χ3n) is 6.55. The molecular weight excluding hydrogens is 884 g/mol. The number of hydrogen-bond donors (Lipinski definition) is 5. The summed E-state index contributed by atoms with van der Waals surface area (Å²) in [5, 5.41) is 62.2. The second-order valence-electron chi connectivity index (χ2n) is 14.5. The van der Waals surface area contributed by atoms with Crippen LogP contribution in [0.1, 0.15) is 218 Å². The molecule has 0 fully saturated rings. The van der Waals surface area contributed by atoms with Crippen LogP contribution in [-0.2, 0) is 26.4 Å². The molecule has 0 saturated carbocycles. The van der Waals surface area contributed by atoms with Crippen LogP contribution in [0.2, 0.25) is 0 Å². The van der Waals surface area contributed by atoms with Crippen LogP contribution in [0, 0.1) is 119 Å². The van der Waals surface area contributed by atoms with Crippen LogP contribution in [0.5, 0.6) is 0 Å². The summed E-state index contributed by atoms with van der Waals surface area (Å²) in [6.45, 7) is 31.7. The van der Waals surface area contributed by atoms with E-state index in [1.54, 1.807) is 6.07 Å². The molecule has 0 spiro atoms. The van der Waals surface area contributed by atoms with Gasteiger partial charge in [-0.25, -0.2) is 4.98 Å². The first-order valence-corrected chi connectivity index (χ1v) is 19.8. The molecule has 0 bridgehead atoms. The summed E-state index contributed by atoms with van der Waals surface area (Å²) in [5.74, 6) is 6.26. The molecule has 18 nitrogen and oxygen atoms in total. The molecule has 364 valence electrons. The van der Waals surface area contributed by atoms with E-state index >= 15 is 0 Å². The number of hydrogen-bond acceptors (Lipinski definition) is 18. The summed E-state index contributed by atoms with van der Waals surface area (Å²) in [5.41, 5.74) is 1.54. The van der Waals surface area contributed by atoms with E-state index < -0.39 is 6.10 Å². The van der Waals surface area contributed by atoms with Crippen molar-refractivity contribution >= 4 is 0 Å². The Hall–Kier alpha value is -0.581. The Morgan fingerprint density at radius 3 is 1.44 bits per heavy atom. The third kappa shape index (κ3) is 32.2. The normalized spacial score (nSPS) is 10.3. The zero-order valence-corrected chi connectivity index (χ0v) is 40.8. The van der Waals surface area contributed by atoms with Crippen molar-refractivity contribution in [3.8, 4) is 0 Å². The Morgan fingerprint density at radius 2 is 1.15 bits per heavy atom. The van der Waals surface area contributed by atoms with Gasteiger partial charge in [-0.15, -0.1) is 10.2 Å². The number of nitrogens with zero attached hydrogens (tertiary/aromatic N) is 8. The smallest absolute Gasteiger partial charge is 0.252 e. The van der Waals surface area contributed by atoms with Crippen molar-refractivity contribution < 1.29 is 161 Å². The monoisotopic (exact) mass is 960 g/mol. The molecule has 21 heteroatoms. The van der Waals surface area contributed by atoms with Crippen molar-refractivity contribution in [3.05, 3.63) is 70.6 Å². The van der Waals surface area contributed by atoms with E-state index in [4.69, 9.17) is 38.3 Å². The Morgan fingerprint density at radius 1 is 0.597 bits per heavy atom. The SMILES string of the molecule is C.CC.CC(C)C.CC(C)c1cc(CO)on1.CC(C)c1nc(CO)no1.CC(C)c1noc(CO)n1.CC(C)c1ocnc1CO.CCC(O)c1nnc(C(C)C)o1.[Ar].[Ar].[Ar]. The first kappa shape index (κ1) is 73.0. The second kappa shape index (κ2) is 43.0. The van der Waals surface area contributed by atoms with Gasteiger partial charge in [-0.05, 0) is 18.3 Å². The average molecular weight is 961 g/mol. The number of rotatable bonds is 11. The molecule has 5 rings (SSSR count). The predicted molar refractivity (Wildman–Crippen MR) is 224 cm³/mol. The van der Waals surface area contributed by atoms with Crippen LogP contribution in [0.15, 0.2) is 34.9 Å². The Balaban J connectivity index is -0.000000151. The van der Waals surface area contributed by atoms with Crippen molar-refractivity contribution in [1.82, 2.24) is 40.6 Å². The summed E-state index contributed by atoms with van der Waals surface area (Å²) in [6, 6.07) is 1.77. The van der Waals surface area contributed by atoms with Crippen molar-refractivity contribution in [2.24, 2.45) is 5.92 Å². The van der Waals surface area contributed by atoms with Crippen LogP contribution in [-0.4, -0.2) is 66.2 Å². The van der Waals surface area contributed by atoms with Gasteiger partial charge in [0.15, 0.2) is 23.8 Å². The predicted octanol–water partition coefficient (Wildman–Crippen LogP) is 8.91. The van der Waals surface area contributed by atoms with Gasteiger partial charge in [0.2, 0.25) is 17.7 Å².